The lowest BCUT2D eigenvalue weighted by Crippen LogP contribution is -1.88. The summed E-state index contributed by atoms with van der Waals surface area (Å²) < 4.78 is 1.09. The summed E-state index contributed by atoms with van der Waals surface area (Å²) in [5, 5.41) is 0.729. The molecular formula is C13H11BrClNS. The molecule has 0 amide bonds. The number of hydrogen-bond acceptors (Lipinski definition) is 2. The molecule has 0 saturated carbocycles. The van der Waals surface area contributed by atoms with E-state index in [1.807, 2.05) is 24.3 Å². The number of rotatable bonds is 3. The van der Waals surface area contributed by atoms with Gasteiger partial charge < -0.3 is 5.73 Å². The quantitative estimate of drug-likeness (QED) is 0.635. The average Bonchev–Trinajstić information content (AvgIpc) is 2.28. The van der Waals surface area contributed by atoms with E-state index in [9.17, 15) is 0 Å². The number of nitrogen functional groups attached to an aromatic ring is 1. The summed E-state index contributed by atoms with van der Waals surface area (Å²) >= 11 is 11.3. The first-order chi connectivity index (χ1) is 8.15. The second-order valence-electron chi connectivity index (χ2n) is 3.60. The molecule has 0 fully saturated rings. The fourth-order valence-electron chi connectivity index (χ4n) is 1.40. The average molecular weight is 329 g/mol. The molecule has 0 radical (unpaired) electrons. The van der Waals surface area contributed by atoms with Gasteiger partial charge in [-0.1, -0.05) is 39.7 Å². The molecule has 2 rings (SSSR count). The van der Waals surface area contributed by atoms with E-state index < -0.39 is 0 Å². The lowest BCUT2D eigenvalue weighted by molar-refractivity contribution is 1.37. The second-order valence-corrected chi connectivity index (χ2v) is 5.97. The minimum Gasteiger partial charge on any atom is -0.399 e. The van der Waals surface area contributed by atoms with Crippen LogP contribution in [0.3, 0.4) is 0 Å². The zero-order valence-electron chi connectivity index (χ0n) is 8.99. The van der Waals surface area contributed by atoms with Crippen LogP contribution in [0.15, 0.2) is 51.8 Å². The number of nitrogens with two attached hydrogens (primary N) is 1. The van der Waals surface area contributed by atoms with E-state index in [4.69, 9.17) is 17.3 Å². The summed E-state index contributed by atoms with van der Waals surface area (Å²) in [6.45, 7) is 0. The maximum atomic E-state index is 6.12. The molecule has 0 unspecified atom stereocenters. The number of halogens is 2. The third-order valence-corrected chi connectivity index (χ3v) is 4.16. The summed E-state index contributed by atoms with van der Waals surface area (Å²) in [7, 11) is 0. The highest BCUT2D eigenvalue weighted by Gasteiger charge is 2.02. The second kappa shape index (κ2) is 5.80. The highest BCUT2D eigenvalue weighted by atomic mass is 79.9. The minimum atomic E-state index is 0.700. The van der Waals surface area contributed by atoms with Crippen LogP contribution in [0.2, 0.25) is 5.02 Å². The van der Waals surface area contributed by atoms with E-state index in [-0.39, 0.29) is 0 Å². The molecule has 0 aliphatic heterocycles. The van der Waals surface area contributed by atoms with Crippen molar-refractivity contribution in [3.8, 4) is 0 Å². The Hall–Kier alpha value is -0.640. The Kier molecular flexibility index (Phi) is 4.37. The van der Waals surface area contributed by atoms with Crippen molar-refractivity contribution in [3.63, 3.8) is 0 Å². The van der Waals surface area contributed by atoms with E-state index in [0.717, 1.165) is 20.8 Å². The monoisotopic (exact) mass is 327 g/mol. The maximum absolute atomic E-state index is 6.12. The SMILES string of the molecule is Nc1ccc(CSc2cccc(Br)c2)c(Cl)c1. The van der Waals surface area contributed by atoms with Crippen LogP contribution in [-0.2, 0) is 5.75 Å². The van der Waals surface area contributed by atoms with E-state index in [1.54, 1.807) is 17.8 Å². The molecule has 0 aliphatic rings. The Morgan fingerprint density at radius 3 is 2.71 bits per heavy atom. The van der Waals surface area contributed by atoms with Gasteiger partial charge in [-0.25, -0.2) is 0 Å². The highest BCUT2D eigenvalue weighted by molar-refractivity contribution is 9.10. The largest absolute Gasteiger partial charge is 0.399 e. The lowest BCUT2D eigenvalue weighted by Gasteiger charge is -2.05. The molecule has 0 saturated heterocycles. The van der Waals surface area contributed by atoms with Crippen molar-refractivity contribution < 1.29 is 0 Å². The van der Waals surface area contributed by atoms with Gasteiger partial charge in [0.05, 0.1) is 0 Å². The molecule has 1 nitrogen and oxygen atoms in total. The van der Waals surface area contributed by atoms with Crippen LogP contribution in [0.1, 0.15) is 5.56 Å². The Morgan fingerprint density at radius 1 is 1.18 bits per heavy atom. The molecule has 0 atom stereocenters. The summed E-state index contributed by atoms with van der Waals surface area (Å²) in [6.07, 6.45) is 0. The predicted molar refractivity (Wildman–Crippen MR) is 79.6 cm³/mol. The van der Waals surface area contributed by atoms with Crippen LogP contribution in [-0.4, -0.2) is 0 Å². The van der Waals surface area contributed by atoms with Crippen molar-refractivity contribution in [3.05, 3.63) is 57.5 Å². The van der Waals surface area contributed by atoms with E-state index in [0.29, 0.717) is 5.69 Å². The van der Waals surface area contributed by atoms with Crippen LogP contribution in [0.4, 0.5) is 5.69 Å². The normalized spacial score (nSPS) is 10.5. The molecule has 2 aromatic carbocycles. The fraction of sp³-hybridized carbons (Fsp3) is 0.0769. The molecule has 0 bridgehead atoms. The van der Waals surface area contributed by atoms with Gasteiger partial charge in [-0.15, -0.1) is 11.8 Å². The zero-order chi connectivity index (χ0) is 12.3. The van der Waals surface area contributed by atoms with Gasteiger partial charge in [0.15, 0.2) is 0 Å². The molecular weight excluding hydrogens is 318 g/mol. The minimum absolute atomic E-state index is 0.700. The van der Waals surface area contributed by atoms with Crippen molar-refractivity contribution in [2.75, 3.05) is 5.73 Å². The molecule has 88 valence electrons. The van der Waals surface area contributed by atoms with Crippen LogP contribution < -0.4 is 5.73 Å². The van der Waals surface area contributed by atoms with Crippen molar-refractivity contribution in [1.29, 1.82) is 0 Å². The third-order valence-electron chi connectivity index (χ3n) is 2.27. The van der Waals surface area contributed by atoms with Gasteiger partial charge in [-0.05, 0) is 35.9 Å². The molecule has 0 aliphatic carbocycles. The van der Waals surface area contributed by atoms with Gasteiger partial charge >= 0.3 is 0 Å². The number of thioether (sulfide) groups is 1. The fourth-order valence-corrected chi connectivity index (χ4v) is 3.24. The lowest BCUT2D eigenvalue weighted by atomic mass is 10.2. The highest BCUT2D eigenvalue weighted by Crippen LogP contribution is 2.29. The first-order valence-electron chi connectivity index (χ1n) is 5.07. The first-order valence-corrected chi connectivity index (χ1v) is 7.23. The van der Waals surface area contributed by atoms with E-state index in [2.05, 4.69) is 28.1 Å². The van der Waals surface area contributed by atoms with Crippen molar-refractivity contribution in [1.82, 2.24) is 0 Å². The molecule has 2 N–H and O–H groups in total. The smallest absolute Gasteiger partial charge is 0.0466 e. The Labute approximate surface area is 118 Å². The molecule has 4 heteroatoms. The van der Waals surface area contributed by atoms with Crippen molar-refractivity contribution >= 4 is 45.0 Å². The van der Waals surface area contributed by atoms with E-state index >= 15 is 0 Å². The maximum Gasteiger partial charge on any atom is 0.0466 e. The summed E-state index contributed by atoms with van der Waals surface area (Å²) in [5.41, 5.74) is 7.46. The van der Waals surface area contributed by atoms with Gasteiger partial charge in [-0.2, -0.15) is 0 Å². The van der Waals surface area contributed by atoms with Gasteiger partial charge in [-0.3, -0.25) is 0 Å². The Morgan fingerprint density at radius 2 is 2.00 bits per heavy atom. The zero-order valence-corrected chi connectivity index (χ0v) is 12.1. The van der Waals surface area contributed by atoms with Crippen molar-refractivity contribution in [2.24, 2.45) is 0 Å². The van der Waals surface area contributed by atoms with Gasteiger partial charge in [0.2, 0.25) is 0 Å². The predicted octanol–water partition coefficient (Wildman–Crippen LogP) is 4.98. The molecule has 0 heterocycles. The Bertz CT molecular complexity index is 531. The topological polar surface area (TPSA) is 26.0 Å². The standard InChI is InChI=1S/C13H11BrClNS/c14-10-2-1-3-12(6-10)17-8-9-4-5-11(16)7-13(9)15/h1-7H,8,16H2. The van der Waals surface area contributed by atoms with Gasteiger partial charge in [0.25, 0.3) is 0 Å². The van der Waals surface area contributed by atoms with Crippen LogP contribution in [0.5, 0.6) is 0 Å². The molecule has 0 aromatic heterocycles. The first kappa shape index (κ1) is 12.8. The van der Waals surface area contributed by atoms with Crippen molar-refractivity contribution in [2.45, 2.75) is 10.6 Å². The summed E-state index contributed by atoms with van der Waals surface area (Å²) in [4.78, 5) is 1.22. The number of hydrogen-bond donors (Lipinski definition) is 1. The van der Waals surface area contributed by atoms with Gasteiger partial charge in [0.1, 0.15) is 0 Å². The van der Waals surface area contributed by atoms with Gasteiger partial charge in [0, 0.05) is 25.8 Å². The van der Waals surface area contributed by atoms with Crippen LogP contribution in [0, 0.1) is 0 Å². The molecule has 17 heavy (non-hydrogen) atoms. The van der Waals surface area contributed by atoms with Crippen LogP contribution >= 0.6 is 39.3 Å². The summed E-state index contributed by atoms with van der Waals surface area (Å²) in [5.74, 6) is 0.843. The van der Waals surface area contributed by atoms with E-state index in [1.165, 1.54) is 4.90 Å². The number of anilines is 1. The third kappa shape index (κ3) is 3.66. The van der Waals surface area contributed by atoms with Crippen LogP contribution in [0.25, 0.3) is 0 Å². The number of benzene rings is 2. The Balaban J connectivity index is 2.07. The molecule has 2 aromatic rings. The summed E-state index contributed by atoms with van der Waals surface area (Å²) in [6, 6.07) is 13.9. The molecule has 0 spiro atoms.